The molecule has 0 radical (unpaired) electrons. The van der Waals surface area contributed by atoms with E-state index in [4.69, 9.17) is 0 Å². The molecule has 0 aliphatic heterocycles. The normalized spacial score (nSPS) is 12.3. The lowest BCUT2D eigenvalue weighted by Crippen LogP contribution is -2.13. The van der Waals surface area contributed by atoms with Crippen LogP contribution in [0.1, 0.15) is 22.2 Å². The summed E-state index contributed by atoms with van der Waals surface area (Å²) in [6, 6.07) is 9.17. The molecule has 0 fully saturated rings. The summed E-state index contributed by atoms with van der Waals surface area (Å²) in [6.07, 6.45) is 0. The van der Waals surface area contributed by atoms with Gasteiger partial charge in [0.25, 0.3) is 0 Å². The molecule has 82 valence electrons. The Morgan fingerprint density at radius 1 is 1.38 bits per heavy atom. The summed E-state index contributed by atoms with van der Waals surface area (Å²) in [7, 11) is 0. The summed E-state index contributed by atoms with van der Waals surface area (Å²) in [6.45, 7) is 1.87. The van der Waals surface area contributed by atoms with Gasteiger partial charge in [-0.05, 0) is 12.5 Å². The number of carbonyl (C=O) groups is 1. The smallest absolute Gasteiger partial charge is 0.317 e. The van der Waals surface area contributed by atoms with Gasteiger partial charge in [-0.15, -0.1) is 11.3 Å². The molecule has 0 saturated heterocycles. The van der Waals surface area contributed by atoms with Crippen molar-refractivity contribution in [3.63, 3.8) is 0 Å². The van der Waals surface area contributed by atoms with E-state index in [9.17, 15) is 9.90 Å². The van der Waals surface area contributed by atoms with Crippen LogP contribution in [0.5, 0.6) is 0 Å². The standard InChI is InChI=1S/C12H11NO2S/c1-8-13-10(7-16-8)11(12(14)15)9-5-3-2-4-6-9/h2-7,11H,1H3,(H,14,15). The van der Waals surface area contributed by atoms with Crippen molar-refractivity contribution in [3.8, 4) is 0 Å². The van der Waals surface area contributed by atoms with Gasteiger partial charge in [0.2, 0.25) is 0 Å². The quantitative estimate of drug-likeness (QED) is 0.886. The van der Waals surface area contributed by atoms with Crippen molar-refractivity contribution in [3.05, 3.63) is 52.0 Å². The zero-order chi connectivity index (χ0) is 11.5. The fraction of sp³-hybridized carbons (Fsp3) is 0.167. The van der Waals surface area contributed by atoms with Crippen molar-refractivity contribution in [1.29, 1.82) is 0 Å². The van der Waals surface area contributed by atoms with Gasteiger partial charge in [0.05, 0.1) is 10.7 Å². The average Bonchev–Trinajstić information content (AvgIpc) is 2.66. The van der Waals surface area contributed by atoms with Crippen LogP contribution in [0, 0.1) is 6.92 Å². The highest BCUT2D eigenvalue weighted by Gasteiger charge is 2.23. The minimum Gasteiger partial charge on any atom is -0.480 e. The van der Waals surface area contributed by atoms with Gasteiger partial charge in [0.15, 0.2) is 0 Å². The molecule has 2 rings (SSSR count). The maximum absolute atomic E-state index is 11.3. The summed E-state index contributed by atoms with van der Waals surface area (Å²) in [5.74, 6) is -1.53. The number of benzene rings is 1. The molecular formula is C12H11NO2S. The molecular weight excluding hydrogens is 222 g/mol. The summed E-state index contributed by atoms with van der Waals surface area (Å²) < 4.78 is 0. The second-order valence-corrected chi connectivity index (χ2v) is 4.54. The lowest BCUT2D eigenvalue weighted by atomic mass is 9.97. The Morgan fingerprint density at radius 2 is 2.06 bits per heavy atom. The van der Waals surface area contributed by atoms with Gasteiger partial charge in [-0.1, -0.05) is 30.3 Å². The van der Waals surface area contributed by atoms with Crippen molar-refractivity contribution >= 4 is 17.3 Å². The summed E-state index contributed by atoms with van der Waals surface area (Å²) >= 11 is 1.47. The molecule has 0 saturated carbocycles. The van der Waals surface area contributed by atoms with E-state index in [1.165, 1.54) is 11.3 Å². The van der Waals surface area contributed by atoms with E-state index in [1.807, 2.05) is 37.3 Å². The van der Waals surface area contributed by atoms with Gasteiger partial charge in [0.1, 0.15) is 5.92 Å². The zero-order valence-corrected chi connectivity index (χ0v) is 9.57. The number of hydrogen-bond donors (Lipinski definition) is 1. The van der Waals surface area contributed by atoms with Crippen molar-refractivity contribution in [2.24, 2.45) is 0 Å². The maximum atomic E-state index is 11.3. The van der Waals surface area contributed by atoms with E-state index in [2.05, 4.69) is 4.98 Å². The molecule has 4 heteroatoms. The highest BCUT2D eigenvalue weighted by Crippen LogP contribution is 2.25. The van der Waals surface area contributed by atoms with E-state index in [1.54, 1.807) is 5.38 Å². The lowest BCUT2D eigenvalue weighted by molar-refractivity contribution is -0.137. The molecule has 2 aromatic rings. The molecule has 0 amide bonds. The number of aryl methyl sites for hydroxylation is 1. The van der Waals surface area contributed by atoms with Crippen LogP contribution in [0.3, 0.4) is 0 Å². The molecule has 16 heavy (non-hydrogen) atoms. The number of carboxylic acid groups (broad SMARTS) is 1. The van der Waals surface area contributed by atoms with Gasteiger partial charge in [0, 0.05) is 5.38 Å². The summed E-state index contributed by atoms with van der Waals surface area (Å²) in [4.78, 5) is 15.5. The summed E-state index contributed by atoms with van der Waals surface area (Å²) in [5.41, 5.74) is 1.38. The predicted octanol–water partition coefficient (Wildman–Crippen LogP) is 2.67. The molecule has 1 heterocycles. The molecule has 0 aliphatic carbocycles. The molecule has 1 unspecified atom stereocenters. The maximum Gasteiger partial charge on any atom is 0.317 e. The van der Waals surface area contributed by atoms with E-state index in [0.717, 1.165) is 10.6 Å². The Balaban J connectivity index is 2.43. The van der Waals surface area contributed by atoms with Gasteiger partial charge in [-0.25, -0.2) is 4.98 Å². The van der Waals surface area contributed by atoms with Crippen molar-refractivity contribution in [2.45, 2.75) is 12.8 Å². The monoisotopic (exact) mass is 233 g/mol. The van der Waals surface area contributed by atoms with Crippen molar-refractivity contribution in [1.82, 2.24) is 4.98 Å². The topological polar surface area (TPSA) is 50.2 Å². The van der Waals surface area contributed by atoms with E-state index < -0.39 is 11.9 Å². The third-order valence-electron chi connectivity index (χ3n) is 2.31. The van der Waals surface area contributed by atoms with Crippen molar-refractivity contribution < 1.29 is 9.90 Å². The predicted molar refractivity (Wildman–Crippen MR) is 62.8 cm³/mol. The third-order valence-corrected chi connectivity index (χ3v) is 3.10. The highest BCUT2D eigenvalue weighted by atomic mass is 32.1. The van der Waals surface area contributed by atoms with Crippen LogP contribution < -0.4 is 0 Å². The first-order chi connectivity index (χ1) is 7.68. The molecule has 1 atom stereocenters. The van der Waals surface area contributed by atoms with Crippen LogP contribution in [0.15, 0.2) is 35.7 Å². The number of rotatable bonds is 3. The lowest BCUT2D eigenvalue weighted by Gasteiger charge is -2.09. The second kappa shape index (κ2) is 4.45. The Hall–Kier alpha value is -1.68. The largest absolute Gasteiger partial charge is 0.480 e. The number of aromatic nitrogens is 1. The van der Waals surface area contributed by atoms with Gasteiger partial charge >= 0.3 is 5.97 Å². The minimum atomic E-state index is -0.864. The van der Waals surface area contributed by atoms with Crippen LogP contribution in [0.25, 0.3) is 0 Å². The fourth-order valence-corrected chi connectivity index (χ4v) is 2.24. The van der Waals surface area contributed by atoms with Gasteiger partial charge in [-0.2, -0.15) is 0 Å². The molecule has 1 N–H and O–H groups in total. The van der Waals surface area contributed by atoms with Gasteiger partial charge in [-0.3, -0.25) is 4.79 Å². The SMILES string of the molecule is Cc1nc(C(C(=O)O)c2ccccc2)cs1. The Bertz CT molecular complexity index is 493. The summed E-state index contributed by atoms with van der Waals surface area (Å²) in [5, 5.41) is 11.9. The minimum absolute atomic E-state index is 0.612. The highest BCUT2D eigenvalue weighted by molar-refractivity contribution is 7.09. The average molecular weight is 233 g/mol. The number of thiazole rings is 1. The Morgan fingerprint density at radius 3 is 2.56 bits per heavy atom. The first kappa shape index (κ1) is 10.8. The zero-order valence-electron chi connectivity index (χ0n) is 8.75. The first-order valence-electron chi connectivity index (χ1n) is 4.88. The van der Waals surface area contributed by atoms with E-state index >= 15 is 0 Å². The van der Waals surface area contributed by atoms with E-state index in [0.29, 0.717) is 5.69 Å². The molecule has 1 aromatic carbocycles. The number of hydrogen-bond acceptors (Lipinski definition) is 3. The molecule has 0 aliphatic rings. The number of aliphatic carboxylic acids is 1. The first-order valence-corrected chi connectivity index (χ1v) is 5.76. The van der Waals surface area contributed by atoms with Crippen LogP contribution in [-0.2, 0) is 4.79 Å². The fourth-order valence-electron chi connectivity index (χ4n) is 1.60. The van der Waals surface area contributed by atoms with Crippen LogP contribution in [0.4, 0.5) is 0 Å². The molecule has 0 spiro atoms. The van der Waals surface area contributed by atoms with Gasteiger partial charge < -0.3 is 5.11 Å². The second-order valence-electron chi connectivity index (χ2n) is 3.47. The number of carboxylic acids is 1. The third kappa shape index (κ3) is 2.12. The van der Waals surface area contributed by atoms with Crippen LogP contribution in [-0.4, -0.2) is 16.1 Å². The van der Waals surface area contributed by atoms with Crippen LogP contribution in [0.2, 0.25) is 0 Å². The Kier molecular flexibility index (Phi) is 3.01. The molecule has 3 nitrogen and oxygen atoms in total. The van der Waals surface area contributed by atoms with Crippen molar-refractivity contribution in [2.75, 3.05) is 0 Å². The number of nitrogens with zero attached hydrogens (tertiary/aromatic N) is 1. The molecule has 1 aromatic heterocycles. The molecule has 0 bridgehead atoms. The van der Waals surface area contributed by atoms with E-state index in [-0.39, 0.29) is 0 Å². The Labute approximate surface area is 97.4 Å². The van der Waals surface area contributed by atoms with Crippen LogP contribution >= 0.6 is 11.3 Å².